The molecule has 0 saturated heterocycles. The van der Waals surface area contributed by atoms with Crippen LogP contribution in [0.15, 0.2) is 24.4 Å². The van der Waals surface area contributed by atoms with Crippen LogP contribution < -0.4 is 5.32 Å². The maximum atomic E-state index is 14.0. The fourth-order valence-electron chi connectivity index (χ4n) is 2.28. The molecule has 134 valence electrons. The molecule has 2 N–H and O–H groups in total. The van der Waals surface area contributed by atoms with Crippen molar-refractivity contribution >= 4 is 23.5 Å². The summed E-state index contributed by atoms with van der Waals surface area (Å²) in [4.78, 5) is 23.3. The van der Waals surface area contributed by atoms with Gasteiger partial charge in [-0.05, 0) is 19.1 Å². The van der Waals surface area contributed by atoms with Crippen molar-refractivity contribution in [1.29, 1.82) is 0 Å². The summed E-state index contributed by atoms with van der Waals surface area (Å²) >= 11 is 5.72. The Morgan fingerprint density at radius 3 is 2.84 bits per heavy atom. The van der Waals surface area contributed by atoms with Crippen molar-refractivity contribution in [2.75, 3.05) is 13.7 Å². The molecule has 2 aromatic rings. The fraction of sp³-hybridized carbons (Fsp3) is 0.333. The molecule has 1 unspecified atom stereocenters. The molecule has 2 rings (SSSR count). The summed E-state index contributed by atoms with van der Waals surface area (Å²) in [6.45, 7) is 1.52. The molecule has 0 fully saturated rings. The van der Waals surface area contributed by atoms with E-state index in [2.05, 4.69) is 15.6 Å². The van der Waals surface area contributed by atoms with Gasteiger partial charge in [0, 0.05) is 7.11 Å². The second kappa shape index (κ2) is 7.58. The lowest BCUT2D eigenvalue weighted by molar-refractivity contribution is -0.139. The molecule has 0 spiro atoms. The van der Waals surface area contributed by atoms with Gasteiger partial charge < -0.3 is 15.2 Å². The van der Waals surface area contributed by atoms with E-state index in [-0.39, 0.29) is 29.4 Å². The summed E-state index contributed by atoms with van der Waals surface area (Å²) in [7, 11) is 1.39. The molecule has 1 heterocycles. The standard InChI is InChI=1S/C15H16ClFN4O4/c1-15(8-25-2,6-12(22)23)18-14(24)10-7-21(20-19-10)11-5-3-4-9(16)13(11)17/h3-5,7H,6,8H2,1-2H3,(H,18,24)(H,22,23). The number of amides is 1. The lowest BCUT2D eigenvalue weighted by Crippen LogP contribution is -2.50. The van der Waals surface area contributed by atoms with E-state index >= 15 is 0 Å². The molecule has 0 bridgehead atoms. The second-order valence-corrected chi connectivity index (χ2v) is 6.05. The molecular weight excluding hydrogens is 355 g/mol. The molecule has 0 aliphatic carbocycles. The van der Waals surface area contributed by atoms with E-state index < -0.39 is 23.2 Å². The highest BCUT2D eigenvalue weighted by Gasteiger charge is 2.31. The molecule has 0 aliphatic heterocycles. The van der Waals surface area contributed by atoms with Crippen LogP contribution >= 0.6 is 11.6 Å². The van der Waals surface area contributed by atoms with E-state index in [1.807, 2.05) is 0 Å². The molecule has 1 aromatic carbocycles. The van der Waals surface area contributed by atoms with Crippen molar-refractivity contribution in [1.82, 2.24) is 20.3 Å². The minimum absolute atomic E-state index is 0.0118. The summed E-state index contributed by atoms with van der Waals surface area (Å²) in [6, 6.07) is 4.34. The number of aromatic nitrogens is 3. The number of nitrogens with zero attached hydrogens (tertiary/aromatic N) is 3. The van der Waals surface area contributed by atoms with Gasteiger partial charge in [0.25, 0.3) is 5.91 Å². The SMILES string of the molecule is COCC(C)(CC(=O)O)NC(=O)c1cn(-c2cccc(Cl)c2F)nn1. The summed E-state index contributed by atoms with van der Waals surface area (Å²) < 4.78 is 20.0. The van der Waals surface area contributed by atoms with Crippen LogP contribution in [0.3, 0.4) is 0 Å². The first kappa shape index (κ1) is 18.8. The highest BCUT2D eigenvalue weighted by Crippen LogP contribution is 2.20. The summed E-state index contributed by atoms with van der Waals surface area (Å²) in [5.74, 6) is -2.45. The number of aliphatic carboxylic acids is 1. The molecule has 1 amide bonds. The van der Waals surface area contributed by atoms with Crippen LogP contribution in [0, 0.1) is 5.82 Å². The Balaban J connectivity index is 2.22. The Morgan fingerprint density at radius 2 is 2.20 bits per heavy atom. The zero-order valence-corrected chi connectivity index (χ0v) is 14.2. The van der Waals surface area contributed by atoms with Gasteiger partial charge in [-0.2, -0.15) is 0 Å². The van der Waals surface area contributed by atoms with Crippen LogP contribution in [0.5, 0.6) is 0 Å². The van der Waals surface area contributed by atoms with Crippen LogP contribution in [-0.4, -0.2) is 51.2 Å². The van der Waals surface area contributed by atoms with E-state index in [4.69, 9.17) is 21.4 Å². The predicted molar refractivity (Wildman–Crippen MR) is 86.3 cm³/mol. The molecule has 1 atom stereocenters. The molecule has 0 radical (unpaired) electrons. The highest BCUT2D eigenvalue weighted by atomic mass is 35.5. The van der Waals surface area contributed by atoms with Crippen LogP contribution in [0.4, 0.5) is 4.39 Å². The number of carboxylic acid groups (broad SMARTS) is 1. The van der Waals surface area contributed by atoms with Crippen molar-refractivity contribution in [2.45, 2.75) is 18.9 Å². The molecule has 8 nitrogen and oxygen atoms in total. The zero-order valence-electron chi connectivity index (χ0n) is 13.5. The van der Waals surface area contributed by atoms with Gasteiger partial charge in [-0.15, -0.1) is 5.10 Å². The third kappa shape index (κ3) is 4.52. The molecule has 1 aromatic heterocycles. The first-order valence-corrected chi connectivity index (χ1v) is 7.53. The van der Waals surface area contributed by atoms with Gasteiger partial charge >= 0.3 is 5.97 Å². The van der Waals surface area contributed by atoms with Gasteiger partial charge in [0.1, 0.15) is 5.69 Å². The van der Waals surface area contributed by atoms with E-state index in [0.717, 1.165) is 4.68 Å². The molecule has 25 heavy (non-hydrogen) atoms. The van der Waals surface area contributed by atoms with Crippen molar-refractivity contribution in [3.8, 4) is 5.69 Å². The van der Waals surface area contributed by atoms with Crippen molar-refractivity contribution < 1.29 is 23.8 Å². The number of carbonyl (C=O) groups is 2. The molecule has 10 heteroatoms. The van der Waals surface area contributed by atoms with Crippen molar-refractivity contribution in [2.24, 2.45) is 0 Å². The molecule has 0 aliphatic rings. The predicted octanol–water partition coefficient (Wildman–Crippen LogP) is 1.67. The number of ether oxygens (including phenoxy) is 1. The normalized spacial score (nSPS) is 13.3. The number of hydrogen-bond donors (Lipinski definition) is 2. The number of hydrogen-bond acceptors (Lipinski definition) is 5. The van der Waals surface area contributed by atoms with Crippen LogP contribution in [0.2, 0.25) is 5.02 Å². The smallest absolute Gasteiger partial charge is 0.305 e. The van der Waals surface area contributed by atoms with E-state index in [9.17, 15) is 14.0 Å². The summed E-state index contributed by atoms with van der Waals surface area (Å²) in [6.07, 6.45) is 0.877. The quantitative estimate of drug-likeness (QED) is 0.767. The first-order chi connectivity index (χ1) is 11.8. The number of halogens is 2. The number of rotatable bonds is 7. The van der Waals surface area contributed by atoms with Crippen molar-refractivity contribution in [3.05, 3.63) is 40.9 Å². The van der Waals surface area contributed by atoms with Gasteiger partial charge in [-0.25, -0.2) is 9.07 Å². The topological polar surface area (TPSA) is 106 Å². The maximum Gasteiger partial charge on any atom is 0.305 e. The number of carbonyl (C=O) groups excluding carboxylic acids is 1. The molecule has 0 saturated carbocycles. The Labute approximate surface area is 147 Å². The van der Waals surface area contributed by atoms with Gasteiger partial charge in [0.2, 0.25) is 0 Å². The van der Waals surface area contributed by atoms with Gasteiger partial charge in [-0.3, -0.25) is 9.59 Å². The van der Waals surface area contributed by atoms with Gasteiger partial charge in [0.15, 0.2) is 11.5 Å². The fourth-order valence-corrected chi connectivity index (χ4v) is 2.45. The van der Waals surface area contributed by atoms with Crippen LogP contribution in [0.25, 0.3) is 5.69 Å². The zero-order chi connectivity index (χ0) is 18.6. The number of nitrogens with one attached hydrogen (secondary N) is 1. The van der Waals surface area contributed by atoms with E-state index in [1.54, 1.807) is 0 Å². The van der Waals surface area contributed by atoms with E-state index in [0.29, 0.717) is 0 Å². The summed E-state index contributed by atoms with van der Waals surface area (Å²) in [5.41, 5.74) is -1.21. The Morgan fingerprint density at radius 1 is 1.48 bits per heavy atom. The van der Waals surface area contributed by atoms with Gasteiger partial charge in [0.05, 0.1) is 29.8 Å². The number of carboxylic acids is 1. The minimum Gasteiger partial charge on any atom is -0.481 e. The summed E-state index contributed by atoms with van der Waals surface area (Å²) in [5, 5.41) is 18.8. The van der Waals surface area contributed by atoms with Gasteiger partial charge in [-0.1, -0.05) is 22.9 Å². The Kier molecular flexibility index (Phi) is 5.70. The number of benzene rings is 1. The van der Waals surface area contributed by atoms with Crippen LogP contribution in [-0.2, 0) is 9.53 Å². The third-order valence-electron chi connectivity index (χ3n) is 3.32. The minimum atomic E-state index is -1.14. The highest BCUT2D eigenvalue weighted by molar-refractivity contribution is 6.30. The van der Waals surface area contributed by atoms with Crippen LogP contribution in [0.1, 0.15) is 23.8 Å². The lowest BCUT2D eigenvalue weighted by Gasteiger charge is -2.27. The number of methoxy groups -OCH3 is 1. The average molecular weight is 371 g/mol. The maximum absolute atomic E-state index is 14.0. The first-order valence-electron chi connectivity index (χ1n) is 7.16. The van der Waals surface area contributed by atoms with E-state index in [1.165, 1.54) is 38.4 Å². The largest absolute Gasteiger partial charge is 0.481 e. The Hall–Kier alpha value is -2.52. The third-order valence-corrected chi connectivity index (χ3v) is 3.62. The molecular formula is C15H16ClFN4O4. The second-order valence-electron chi connectivity index (χ2n) is 5.64. The Bertz CT molecular complexity index is 798. The monoisotopic (exact) mass is 370 g/mol. The van der Waals surface area contributed by atoms with Crippen molar-refractivity contribution in [3.63, 3.8) is 0 Å². The average Bonchev–Trinajstić information content (AvgIpc) is 2.99. The lowest BCUT2D eigenvalue weighted by atomic mass is 9.99.